The molecule has 1 heterocycles. The molecule has 0 radical (unpaired) electrons. The molecule has 4 heteroatoms. The molecule has 76 valence electrons. The highest BCUT2D eigenvalue weighted by Crippen LogP contribution is 2.18. The molecule has 0 N–H and O–H groups in total. The Balaban J connectivity index is 2.15. The molecule has 2 aromatic rings. The van der Waals surface area contributed by atoms with Crippen LogP contribution in [0.2, 0.25) is 0 Å². The van der Waals surface area contributed by atoms with E-state index < -0.39 is 0 Å². The molecule has 0 saturated heterocycles. The second-order valence-electron chi connectivity index (χ2n) is 3.26. The number of rotatable bonds is 4. The van der Waals surface area contributed by atoms with Gasteiger partial charge in [-0.3, -0.25) is 4.68 Å². The SMILES string of the molecule is O=NC(Cn1cccn1)c1ccccc1. The lowest BCUT2D eigenvalue weighted by molar-refractivity contribution is 0.527. The first-order chi connectivity index (χ1) is 7.40. The Kier molecular flexibility index (Phi) is 2.88. The minimum Gasteiger partial charge on any atom is -0.270 e. The quantitative estimate of drug-likeness (QED) is 0.713. The van der Waals surface area contributed by atoms with Gasteiger partial charge in [-0.05, 0) is 11.6 Å². The van der Waals surface area contributed by atoms with E-state index in [0.717, 1.165) is 5.56 Å². The molecule has 0 aliphatic carbocycles. The molecule has 4 nitrogen and oxygen atoms in total. The normalized spacial score (nSPS) is 12.3. The van der Waals surface area contributed by atoms with Crippen LogP contribution >= 0.6 is 0 Å². The molecular weight excluding hydrogens is 190 g/mol. The summed E-state index contributed by atoms with van der Waals surface area (Å²) in [5.41, 5.74) is 0.919. The van der Waals surface area contributed by atoms with Crippen LogP contribution < -0.4 is 0 Å². The number of hydrogen-bond acceptors (Lipinski definition) is 3. The molecule has 15 heavy (non-hydrogen) atoms. The minimum absolute atomic E-state index is 0.369. The van der Waals surface area contributed by atoms with Crippen LogP contribution in [-0.4, -0.2) is 9.78 Å². The summed E-state index contributed by atoms with van der Waals surface area (Å²) in [7, 11) is 0. The second-order valence-corrected chi connectivity index (χ2v) is 3.26. The lowest BCUT2D eigenvalue weighted by Crippen LogP contribution is -2.07. The molecule has 1 atom stereocenters. The van der Waals surface area contributed by atoms with Crippen LogP contribution in [0, 0.1) is 4.91 Å². The Morgan fingerprint density at radius 3 is 2.67 bits per heavy atom. The van der Waals surface area contributed by atoms with Gasteiger partial charge in [0.1, 0.15) is 6.04 Å². The molecule has 0 bridgehead atoms. The summed E-state index contributed by atoms with van der Waals surface area (Å²) >= 11 is 0. The fourth-order valence-electron chi connectivity index (χ4n) is 1.46. The van der Waals surface area contributed by atoms with Crippen LogP contribution in [0.5, 0.6) is 0 Å². The van der Waals surface area contributed by atoms with Crippen LogP contribution in [-0.2, 0) is 6.54 Å². The van der Waals surface area contributed by atoms with E-state index >= 15 is 0 Å². The third-order valence-corrected chi connectivity index (χ3v) is 2.23. The van der Waals surface area contributed by atoms with Crippen LogP contribution in [0.3, 0.4) is 0 Å². The summed E-state index contributed by atoms with van der Waals surface area (Å²) < 4.78 is 1.71. The Morgan fingerprint density at radius 2 is 2.07 bits per heavy atom. The van der Waals surface area contributed by atoms with Crippen molar-refractivity contribution in [3.63, 3.8) is 0 Å². The van der Waals surface area contributed by atoms with Crippen molar-refractivity contribution in [3.05, 3.63) is 59.3 Å². The van der Waals surface area contributed by atoms with Crippen molar-refractivity contribution >= 4 is 0 Å². The predicted molar refractivity (Wildman–Crippen MR) is 57.2 cm³/mol. The third kappa shape index (κ3) is 2.28. The summed E-state index contributed by atoms with van der Waals surface area (Å²) in [6, 6.07) is 11.0. The molecule has 0 amide bonds. The molecule has 2 rings (SSSR count). The van der Waals surface area contributed by atoms with Crippen LogP contribution in [0.4, 0.5) is 0 Å². The molecule has 0 spiro atoms. The fraction of sp³-hybridized carbons (Fsp3) is 0.182. The van der Waals surface area contributed by atoms with Crippen LogP contribution in [0.25, 0.3) is 0 Å². The van der Waals surface area contributed by atoms with Crippen LogP contribution in [0.1, 0.15) is 11.6 Å². The highest BCUT2D eigenvalue weighted by Gasteiger charge is 2.11. The van der Waals surface area contributed by atoms with E-state index in [4.69, 9.17) is 0 Å². The number of nitrogens with zero attached hydrogens (tertiary/aromatic N) is 3. The number of hydrogen-bond donors (Lipinski definition) is 0. The number of nitroso groups, excluding NO2 is 1. The lowest BCUT2D eigenvalue weighted by Gasteiger charge is -2.08. The Bertz CT molecular complexity index is 411. The third-order valence-electron chi connectivity index (χ3n) is 2.23. The summed E-state index contributed by atoms with van der Waals surface area (Å²) in [6.07, 6.45) is 3.51. The number of aromatic nitrogens is 2. The zero-order valence-corrected chi connectivity index (χ0v) is 8.15. The van der Waals surface area contributed by atoms with Crippen LogP contribution in [0.15, 0.2) is 54.0 Å². The van der Waals surface area contributed by atoms with Gasteiger partial charge in [-0.1, -0.05) is 35.5 Å². The summed E-state index contributed by atoms with van der Waals surface area (Å²) in [6.45, 7) is 0.487. The van der Waals surface area contributed by atoms with Crippen molar-refractivity contribution in [1.29, 1.82) is 0 Å². The van der Waals surface area contributed by atoms with Gasteiger partial charge in [0.15, 0.2) is 0 Å². The van der Waals surface area contributed by atoms with Crippen molar-refractivity contribution in [2.75, 3.05) is 0 Å². The van der Waals surface area contributed by atoms with Gasteiger partial charge in [-0.25, -0.2) is 0 Å². The van der Waals surface area contributed by atoms with E-state index in [-0.39, 0.29) is 6.04 Å². The Labute approximate surface area is 87.5 Å². The average molecular weight is 201 g/mol. The smallest absolute Gasteiger partial charge is 0.136 e. The summed E-state index contributed by atoms with van der Waals surface area (Å²) in [5, 5.41) is 7.17. The van der Waals surface area contributed by atoms with Gasteiger partial charge in [-0.2, -0.15) is 10.0 Å². The molecule has 0 saturated carbocycles. The van der Waals surface area contributed by atoms with E-state index in [2.05, 4.69) is 10.3 Å². The molecule has 0 fully saturated rings. The highest BCUT2D eigenvalue weighted by molar-refractivity contribution is 5.18. The monoisotopic (exact) mass is 201 g/mol. The second kappa shape index (κ2) is 4.50. The van der Waals surface area contributed by atoms with Gasteiger partial charge in [0.25, 0.3) is 0 Å². The van der Waals surface area contributed by atoms with Gasteiger partial charge in [0.05, 0.1) is 6.54 Å². The zero-order valence-electron chi connectivity index (χ0n) is 8.15. The molecule has 1 aromatic heterocycles. The van der Waals surface area contributed by atoms with Crippen molar-refractivity contribution in [3.8, 4) is 0 Å². The largest absolute Gasteiger partial charge is 0.270 e. The average Bonchev–Trinajstić information content (AvgIpc) is 2.80. The topological polar surface area (TPSA) is 47.2 Å². The van der Waals surface area contributed by atoms with Gasteiger partial charge in [-0.15, -0.1) is 0 Å². The van der Waals surface area contributed by atoms with Gasteiger partial charge < -0.3 is 0 Å². The van der Waals surface area contributed by atoms with Crippen molar-refractivity contribution < 1.29 is 0 Å². The minimum atomic E-state index is -0.369. The first-order valence-electron chi connectivity index (χ1n) is 4.75. The lowest BCUT2D eigenvalue weighted by atomic mass is 10.1. The highest BCUT2D eigenvalue weighted by atomic mass is 16.3. The van der Waals surface area contributed by atoms with E-state index in [1.54, 1.807) is 10.9 Å². The van der Waals surface area contributed by atoms with E-state index in [9.17, 15) is 4.91 Å². The first kappa shape index (κ1) is 9.58. The first-order valence-corrected chi connectivity index (χ1v) is 4.75. The molecule has 1 unspecified atom stereocenters. The zero-order chi connectivity index (χ0) is 10.5. The molecule has 0 aliphatic rings. The van der Waals surface area contributed by atoms with E-state index in [1.165, 1.54) is 0 Å². The Hall–Kier alpha value is -1.97. The van der Waals surface area contributed by atoms with Gasteiger partial charge >= 0.3 is 0 Å². The van der Waals surface area contributed by atoms with Crippen molar-refractivity contribution in [1.82, 2.24) is 9.78 Å². The number of benzene rings is 1. The fourth-order valence-corrected chi connectivity index (χ4v) is 1.46. The van der Waals surface area contributed by atoms with E-state index in [1.807, 2.05) is 42.6 Å². The predicted octanol–water partition coefficient (Wildman–Crippen LogP) is 2.39. The maximum Gasteiger partial charge on any atom is 0.136 e. The summed E-state index contributed by atoms with van der Waals surface area (Å²) in [5.74, 6) is 0. The maximum atomic E-state index is 10.7. The molecule has 1 aromatic carbocycles. The van der Waals surface area contributed by atoms with E-state index in [0.29, 0.717) is 6.54 Å². The van der Waals surface area contributed by atoms with Crippen molar-refractivity contribution in [2.24, 2.45) is 5.18 Å². The van der Waals surface area contributed by atoms with Crippen molar-refractivity contribution in [2.45, 2.75) is 12.6 Å². The molecular formula is C11H11N3O. The maximum absolute atomic E-state index is 10.7. The standard InChI is InChI=1S/C11H11N3O/c15-13-11(9-14-8-4-7-12-14)10-5-2-1-3-6-10/h1-8,11H,9H2. The molecule has 0 aliphatic heterocycles. The van der Waals surface area contributed by atoms with Gasteiger partial charge in [0.2, 0.25) is 0 Å². The summed E-state index contributed by atoms with van der Waals surface area (Å²) in [4.78, 5) is 10.7. The van der Waals surface area contributed by atoms with Gasteiger partial charge in [0, 0.05) is 12.4 Å². The Morgan fingerprint density at radius 1 is 1.27 bits per heavy atom.